The summed E-state index contributed by atoms with van der Waals surface area (Å²) in [6.45, 7) is -0.113. The summed E-state index contributed by atoms with van der Waals surface area (Å²) in [5, 5.41) is 3.79. The smallest absolute Gasteiger partial charge is 0.240 e. The van der Waals surface area contributed by atoms with Crippen molar-refractivity contribution < 1.29 is 17.3 Å². The molecule has 0 saturated carbocycles. The summed E-state index contributed by atoms with van der Waals surface area (Å²) in [4.78, 5) is 4.19. The largest absolute Gasteiger partial charge is 0.339 e. The van der Waals surface area contributed by atoms with Crippen molar-refractivity contribution in [2.45, 2.75) is 36.2 Å². The molecule has 0 saturated heterocycles. The van der Waals surface area contributed by atoms with Gasteiger partial charge in [0.25, 0.3) is 0 Å². The molecule has 128 valence electrons. The number of nitrogens with zero attached hydrogens (tertiary/aromatic N) is 2. The van der Waals surface area contributed by atoms with Crippen molar-refractivity contribution in [3.8, 4) is 0 Å². The average Bonchev–Trinajstić information content (AvgIpc) is 3.03. The normalized spacial score (nSPS) is 21.1. The van der Waals surface area contributed by atoms with E-state index in [0.29, 0.717) is 12.3 Å². The molecule has 1 aliphatic rings. The van der Waals surface area contributed by atoms with E-state index in [2.05, 4.69) is 14.9 Å². The van der Waals surface area contributed by atoms with Crippen LogP contribution >= 0.6 is 0 Å². The highest BCUT2D eigenvalue weighted by Gasteiger charge is 2.23. The van der Waals surface area contributed by atoms with Gasteiger partial charge in [0.2, 0.25) is 15.9 Å². The van der Waals surface area contributed by atoms with Crippen LogP contribution in [0.25, 0.3) is 0 Å². The topological polar surface area (TPSA) is 111 Å². The minimum absolute atomic E-state index is 0.0315. The molecule has 0 fully saturated rings. The number of benzene rings is 1. The Labute approximate surface area is 138 Å². The Bertz CT molecular complexity index is 833. The standard InChI is InChI=1S/C15H17FN4O3S/c16-11-4-6-13(7-5-11)24(21,22)18-9-14-19-15(23-20-14)10-2-1-3-12(17)8-10/h1,3-7,10,12,18H,2,8-9,17H2/t10-,12-/m0/s1. The number of rotatable bonds is 5. The van der Waals surface area contributed by atoms with Gasteiger partial charge in [0.1, 0.15) is 5.82 Å². The summed E-state index contributed by atoms with van der Waals surface area (Å²) in [6, 6.07) is 4.50. The van der Waals surface area contributed by atoms with E-state index in [1.807, 2.05) is 12.2 Å². The molecule has 0 bridgehead atoms. The lowest BCUT2D eigenvalue weighted by molar-refractivity contribution is 0.336. The van der Waals surface area contributed by atoms with Crippen LogP contribution in [0.3, 0.4) is 0 Å². The van der Waals surface area contributed by atoms with E-state index in [-0.39, 0.29) is 29.2 Å². The van der Waals surface area contributed by atoms with Crippen molar-refractivity contribution in [2.75, 3.05) is 0 Å². The van der Waals surface area contributed by atoms with Crippen molar-refractivity contribution in [3.63, 3.8) is 0 Å². The van der Waals surface area contributed by atoms with Crippen molar-refractivity contribution >= 4 is 10.0 Å². The molecule has 0 radical (unpaired) electrons. The third-order valence-corrected chi connectivity index (χ3v) is 5.15. The van der Waals surface area contributed by atoms with Crippen LogP contribution in [-0.4, -0.2) is 24.6 Å². The summed E-state index contributed by atoms with van der Waals surface area (Å²) in [5.41, 5.74) is 5.87. The first-order valence-electron chi connectivity index (χ1n) is 7.44. The summed E-state index contributed by atoms with van der Waals surface area (Å²) in [5.74, 6) is 0.223. The van der Waals surface area contributed by atoms with Crippen molar-refractivity contribution in [3.05, 3.63) is 53.9 Å². The molecule has 24 heavy (non-hydrogen) atoms. The maximum Gasteiger partial charge on any atom is 0.240 e. The number of hydrogen-bond donors (Lipinski definition) is 2. The Hall–Kier alpha value is -2.10. The van der Waals surface area contributed by atoms with Crippen LogP contribution in [0.1, 0.15) is 30.5 Å². The second-order valence-corrected chi connectivity index (χ2v) is 7.35. The fourth-order valence-electron chi connectivity index (χ4n) is 2.48. The van der Waals surface area contributed by atoms with E-state index in [4.69, 9.17) is 10.3 Å². The molecular formula is C15H17FN4O3S. The lowest BCUT2D eigenvalue weighted by Crippen LogP contribution is -2.24. The SMILES string of the molecule is N[C@H]1C=CC[C@H](c2nc(CNS(=O)(=O)c3ccc(F)cc3)no2)C1. The maximum absolute atomic E-state index is 12.9. The first-order valence-corrected chi connectivity index (χ1v) is 8.92. The van der Waals surface area contributed by atoms with E-state index in [0.717, 1.165) is 18.6 Å². The molecule has 2 aromatic rings. The molecule has 7 nitrogen and oxygen atoms in total. The van der Waals surface area contributed by atoms with Crippen LogP contribution in [0.2, 0.25) is 0 Å². The van der Waals surface area contributed by atoms with Gasteiger partial charge in [-0.3, -0.25) is 0 Å². The quantitative estimate of drug-likeness (QED) is 0.788. The zero-order valence-corrected chi connectivity index (χ0v) is 13.5. The second-order valence-electron chi connectivity index (χ2n) is 5.59. The highest BCUT2D eigenvalue weighted by Crippen LogP contribution is 2.27. The van der Waals surface area contributed by atoms with Gasteiger partial charge in [-0.15, -0.1) is 0 Å². The highest BCUT2D eigenvalue weighted by atomic mass is 32.2. The number of hydrogen-bond acceptors (Lipinski definition) is 6. The molecule has 1 aromatic heterocycles. The number of nitrogens with one attached hydrogen (secondary N) is 1. The Morgan fingerprint density at radius 1 is 1.33 bits per heavy atom. The highest BCUT2D eigenvalue weighted by molar-refractivity contribution is 7.89. The molecule has 1 aromatic carbocycles. The van der Waals surface area contributed by atoms with E-state index < -0.39 is 15.8 Å². The van der Waals surface area contributed by atoms with E-state index in [1.165, 1.54) is 12.1 Å². The summed E-state index contributed by atoms with van der Waals surface area (Å²) >= 11 is 0. The number of allylic oxidation sites excluding steroid dienone is 1. The zero-order chi connectivity index (χ0) is 17.2. The maximum atomic E-state index is 12.9. The van der Waals surface area contributed by atoms with Gasteiger partial charge in [0.05, 0.1) is 11.4 Å². The van der Waals surface area contributed by atoms with E-state index in [1.54, 1.807) is 0 Å². The predicted molar refractivity (Wildman–Crippen MR) is 83.8 cm³/mol. The van der Waals surface area contributed by atoms with Crippen molar-refractivity contribution in [1.29, 1.82) is 0 Å². The third kappa shape index (κ3) is 3.86. The average molecular weight is 352 g/mol. The fraction of sp³-hybridized carbons (Fsp3) is 0.333. The van der Waals surface area contributed by atoms with Crippen LogP contribution in [0.5, 0.6) is 0 Å². The summed E-state index contributed by atoms with van der Waals surface area (Å²) in [6.07, 6.45) is 5.38. The van der Waals surface area contributed by atoms with Gasteiger partial charge in [-0.2, -0.15) is 4.98 Å². The van der Waals surface area contributed by atoms with Gasteiger partial charge in [0, 0.05) is 12.0 Å². The molecule has 0 aliphatic heterocycles. The predicted octanol–water partition coefficient (Wildman–Crippen LogP) is 1.45. The number of halogens is 1. The third-order valence-electron chi connectivity index (χ3n) is 3.74. The monoisotopic (exact) mass is 352 g/mol. The molecule has 3 rings (SSSR count). The van der Waals surface area contributed by atoms with Crippen molar-refractivity contribution in [1.82, 2.24) is 14.9 Å². The summed E-state index contributed by atoms with van der Waals surface area (Å²) in [7, 11) is -3.77. The molecule has 3 N–H and O–H groups in total. The Morgan fingerprint density at radius 2 is 2.08 bits per heavy atom. The second kappa shape index (κ2) is 6.80. The molecular weight excluding hydrogens is 335 g/mol. The number of nitrogens with two attached hydrogens (primary N) is 1. The number of aromatic nitrogens is 2. The Morgan fingerprint density at radius 3 is 2.79 bits per heavy atom. The first kappa shape index (κ1) is 16.7. The summed E-state index contributed by atoms with van der Waals surface area (Å²) < 4.78 is 44.7. The molecule has 1 aliphatic carbocycles. The van der Waals surface area contributed by atoms with Crippen LogP contribution in [0.15, 0.2) is 45.8 Å². The zero-order valence-electron chi connectivity index (χ0n) is 12.7. The lowest BCUT2D eigenvalue weighted by atomic mass is 9.91. The molecule has 0 amide bonds. The Kier molecular flexibility index (Phi) is 4.74. The minimum Gasteiger partial charge on any atom is -0.339 e. The van der Waals surface area contributed by atoms with Crippen LogP contribution in [0.4, 0.5) is 4.39 Å². The molecule has 9 heteroatoms. The van der Waals surface area contributed by atoms with Crippen LogP contribution < -0.4 is 10.5 Å². The molecule has 1 heterocycles. The minimum atomic E-state index is -3.77. The molecule has 0 spiro atoms. The van der Waals surface area contributed by atoms with Crippen LogP contribution in [-0.2, 0) is 16.6 Å². The Balaban J connectivity index is 1.65. The lowest BCUT2D eigenvalue weighted by Gasteiger charge is -2.18. The van der Waals surface area contributed by atoms with E-state index >= 15 is 0 Å². The van der Waals surface area contributed by atoms with E-state index in [9.17, 15) is 12.8 Å². The van der Waals surface area contributed by atoms with Gasteiger partial charge in [-0.25, -0.2) is 17.5 Å². The molecule has 0 unspecified atom stereocenters. The van der Waals surface area contributed by atoms with Gasteiger partial charge in [-0.1, -0.05) is 17.3 Å². The van der Waals surface area contributed by atoms with Crippen molar-refractivity contribution in [2.24, 2.45) is 5.73 Å². The van der Waals surface area contributed by atoms with Gasteiger partial charge < -0.3 is 10.3 Å². The fourth-order valence-corrected chi connectivity index (χ4v) is 3.46. The number of sulfonamides is 1. The van der Waals surface area contributed by atoms with Gasteiger partial charge >= 0.3 is 0 Å². The first-order chi connectivity index (χ1) is 11.4. The van der Waals surface area contributed by atoms with Gasteiger partial charge in [0.15, 0.2) is 5.82 Å². The van der Waals surface area contributed by atoms with Crippen LogP contribution in [0, 0.1) is 5.82 Å². The molecule has 2 atom stereocenters. The van der Waals surface area contributed by atoms with Gasteiger partial charge in [-0.05, 0) is 37.1 Å².